The number of aromatic nitrogens is 2. The van der Waals surface area contributed by atoms with Crippen molar-refractivity contribution < 1.29 is 4.79 Å². The molecule has 1 aliphatic rings. The molecule has 1 aromatic heterocycles. The van der Waals surface area contributed by atoms with Crippen LogP contribution in [-0.4, -0.2) is 26.7 Å². The maximum Gasteiger partial charge on any atom is 0.220 e. The Morgan fingerprint density at radius 1 is 1.29 bits per heavy atom. The minimum atomic E-state index is 0.152. The zero-order valence-corrected chi connectivity index (χ0v) is 15.3. The molecule has 0 aliphatic carbocycles. The highest BCUT2D eigenvalue weighted by Crippen LogP contribution is 2.39. The average Bonchev–Trinajstić information content (AvgIpc) is 3.31. The van der Waals surface area contributed by atoms with E-state index < -0.39 is 0 Å². The molecule has 0 spiro atoms. The smallest absolute Gasteiger partial charge is 0.220 e. The van der Waals surface area contributed by atoms with Gasteiger partial charge in [-0.1, -0.05) is 40.1 Å². The molecule has 1 unspecified atom stereocenters. The molecule has 3 rings (SSSR count). The van der Waals surface area contributed by atoms with Gasteiger partial charge in [0.05, 0.1) is 5.69 Å². The summed E-state index contributed by atoms with van der Waals surface area (Å²) >= 11 is 0. The molecule has 4 nitrogen and oxygen atoms in total. The van der Waals surface area contributed by atoms with Crippen molar-refractivity contribution in [2.24, 2.45) is 0 Å². The second kappa shape index (κ2) is 9.18. The predicted octanol–water partition coefficient (Wildman–Crippen LogP) is 4.20. The lowest BCUT2D eigenvalue weighted by Crippen LogP contribution is -2.22. The maximum absolute atomic E-state index is 11.9. The molecule has 1 N–H and O–H groups in total. The van der Waals surface area contributed by atoms with Gasteiger partial charge in [0, 0.05) is 36.4 Å². The molecule has 1 aromatic carbocycles. The van der Waals surface area contributed by atoms with E-state index in [1.807, 2.05) is 62.8 Å². The monoisotopic (exact) mass is 361 g/mol. The van der Waals surface area contributed by atoms with E-state index in [0.717, 1.165) is 29.3 Å². The Labute approximate surface area is 151 Å². The minimum absolute atomic E-state index is 0.152. The minimum Gasteiger partial charge on any atom is -0.352 e. The van der Waals surface area contributed by atoms with E-state index in [9.17, 15) is 4.79 Å². The number of nitrogens with one attached hydrogen (secondary N) is 1. The van der Waals surface area contributed by atoms with Crippen LogP contribution in [-0.2, 0) is 11.3 Å². The van der Waals surface area contributed by atoms with Crippen molar-refractivity contribution >= 4 is 27.5 Å². The summed E-state index contributed by atoms with van der Waals surface area (Å²) in [6.45, 7) is 0.591. The Morgan fingerprint density at radius 3 is 2.88 bits per heavy atom. The molecule has 1 aliphatic heterocycles. The third-order valence-electron chi connectivity index (χ3n) is 4.10. The molecule has 24 heavy (non-hydrogen) atoms. The standard InChI is InChI=1S/C18H23N3OS2/c22-18(5-2-1-4-17-10-13-23-24-17)19-14-15-6-8-16(9-7-15)21-12-3-11-20-21/h3,6-9,11-12,17H,1-2,4-5,10,13-14H2,(H,19,22). The largest absolute Gasteiger partial charge is 0.352 e. The van der Waals surface area contributed by atoms with Crippen LogP contribution in [0.3, 0.4) is 0 Å². The van der Waals surface area contributed by atoms with Gasteiger partial charge in [-0.3, -0.25) is 4.79 Å². The summed E-state index contributed by atoms with van der Waals surface area (Å²) in [5.74, 6) is 1.44. The van der Waals surface area contributed by atoms with E-state index in [-0.39, 0.29) is 5.91 Å². The Hall–Kier alpha value is -1.40. The Morgan fingerprint density at radius 2 is 2.17 bits per heavy atom. The molecular formula is C18H23N3OS2. The molecule has 1 saturated heterocycles. The number of amides is 1. The highest BCUT2D eigenvalue weighted by Gasteiger charge is 2.15. The van der Waals surface area contributed by atoms with E-state index in [1.54, 1.807) is 6.20 Å². The van der Waals surface area contributed by atoms with Gasteiger partial charge in [-0.25, -0.2) is 4.68 Å². The first-order valence-corrected chi connectivity index (χ1v) is 10.8. The normalized spacial score (nSPS) is 17.1. The zero-order valence-electron chi connectivity index (χ0n) is 13.7. The summed E-state index contributed by atoms with van der Waals surface area (Å²) in [6, 6.07) is 10.0. The van der Waals surface area contributed by atoms with Crippen LogP contribution in [0, 0.1) is 0 Å². The Balaban J connectivity index is 1.33. The number of carbonyl (C=O) groups is 1. The van der Waals surface area contributed by atoms with E-state index in [2.05, 4.69) is 10.4 Å². The molecule has 0 saturated carbocycles. The molecule has 1 atom stereocenters. The van der Waals surface area contributed by atoms with Gasteiger partial charge in [0.1, 0.15) is 0 Å². The topological polar surface area (TPSA) is 46.9 Å². The van der Waals surface area contributed by atoms with Crippen LogP contribution in [0.1, 0.15) is 37.7 Å². The van der Waals surface area contributed by atoms with Gasteiger partial charge in [0.2, 0.25) is 5.91 Å². The Bertz CT molecular complexity index is 622. The molecule has 6 heteroatoms. The van der Waals surface area contributed by atoms with E-state index in [0.29, 0.717) is 13.0 Å². The van der Waals surface area contributed by atoms with Gasteiger partial charge in [-0.15, -0.1) is 0 Å². The lowest BCUT2D eigenvalue weighted by molar-refractivity contribution is -0.121. The molecule has 2 aromatic rings. The lowest BCUT2D eigenvalue weighted by Gasteiger charge is -2.08. The first kappa shape index (κ1) is 17.4. The highest BCUT2D eigenvalue weighted by molar-refractivity contribution is 8.77. The van der Waals surface area contributed by atoms with Crippen LogP contribution < -0.4 is 5.32 Å². The van der Waals surface area contributed by atoms with Crippen LogP contribution in [0.2, 0.25) is 0 Å². The number of benzene rings is 1. The summed E-state index contributed by atoms with van der Waals surface area (Å²) in [5, 5.41) is 8.03. The van der Waals surface area contributed by atoms with Crippen molar-refractivity contribution in [1.82, 2.24) is 15.1 Å². The zero-order chi connectivity index (χ0) is 16.6. The van der Waals surface area contributed by atoms with Crippen LogP contribution in [0.4, 0.5) is 0 Å². The van der Waals surface area contributed by atoms with Gasteiger partial charge >= 0.3 is 0 Å². The summed E-state index contributed by atoms with van der Waals surface area (Å²) in [4.78, 5) is 11.9. The second-order valence-electron chi connectivity index (χ2n) is 5.97. The third kappa shape index (κ3) is 5.31. The quantitative estimate of drug-likeness (QED) is 0.565. The molecule has 1 amide bonds. The summed E-state index contributed by atoms with van der Waals surface area (Å²) in [5.41, 5.74) is 2.14. The van der Waals surface area contributed by atoms with Gasteiger partial charge in [-0.05, 0) is 43.0 Å². The molecular weight excluding hydrogens is 338 g/mol. The molecule has 1 fully saturated rings. The number of hydrogen-bond donors (Lipinski definition) is 1. The fraction of sp³-hybridized carbons (Fsp3) is 0.444. The van der Waals surface area contributed by atoms with Crippen molar-refractivity contribution in [3.63, 3.8) is 0 Å². The fourth-order valence-electron chi connectivity index (χ4n) is 2.70. The molecule has 0 bridgehead atoms. The molecule has 128 valence electrons. The van der Waals surface area contributed by atoms with Gasteiger partial charge in [-0.2, -0.15) is 5.10 Å². The Kier molecular flexibility index (Phi) is 6.66. The van der Waals surface area contributed by atoms with Gasteiger partial charge in [0.25, 0.3) is 0 Å². The number of nitrogens with zero attached hydrogens (tertiary/aromatic N) is 2. The first-order chi connectivity index (χ1) is 11.8. The highest BCUT2D eigenvalue weighted by atomic mass is 33.1. The third-order valence-corrected chi connectivity index (χ3v) is 7.11. The fourth-order valence-corrected chi connectivity index (χ4v) is 5.73. The van der Waals surface area contributed by atoms with Crippen LogP contribution >= 0.6 is 21.6 Å². The molecule has 0 radical (unpaired) electrons. The number of unbranched alkanes of at least 4 members (excludes halogenated alkanes) is 1. The van der Waals surface area contributed by atoms with Gasteiger partial charge < -0.3 is 5.32 Å². The summed E-state index contributed by atoms with van der Waals surface area (Å²) in [7, 11) is 4.00. The van der Waals surface area contributed by atoms with Crippen molar-refractivity contribution in [3.8, 4) is 5.69 Å². The second-order valence-corrected chi connectivity index (χ2v) is 8.76. The maximum atomic E-state index is 11.9. The van der Waals surface area contributed by atoms with Crippen LogP contribution in [0.25, 0.3) is 5.69 Å². The van der Waals surface area contributed by atoms with Crippen molar-refractivity contribution in [3.05, 3.63) is 48.3 Å². The van der Waals surface area contributed by atoms with Crippen molar-refractivity contribution in [2.45, 2.75) is 43.9 Å². The summed E-state index contributed by atoms with van der Waals surface area (Å²) < 4.78 is 1.82. The van der Waals surface area contributed by atoms with Crippen LogP contribution in [0.15, 0.2) is 42.7 Å². The van der Waals surface area contributed by atoms with E-state index in [1.165, 1.54) is 18.6 Å². The van der Waals surface area contributed by atoms with Gasteiger partial charge in [0.15, 0.2) is 0 Å². The number of carbonyl (C=O) groups excluding carboxylic acids is 1. The number of rotatable bonds is 8. The first-order valence-electron chi connectivity index (χ1n) is 8.45. The predicted molar refractivity (Wildman–Crippen MR) is 102 cm³/mol. The van der Waals surface area contributed by atoms with Crippen LogP contribution in [0.5, 0.6) is 0 Å². The van der Waals surface area contributed by atoms with E-state index in [4.69, 9.17) is 0 Å². The summed E-state index contributed by atoms with van der Waals surface area (Å²) in [6.07, 6.45) is 9.04. The SMILES string of the molecule is O=C(CCCCC1CCSS1)NCc1ccc(-n2cccn2)cc1. The lowest BCUT2D eigenvalue weighted by atomic mass is 10.1. The van der Waals surface area contributed by atoms with Crippen molar-refractivity contribution in [1.29, 1.82) is 0 Å². The van der Waals surface area contributed by atoms with Crippen molar-refractivity contribution in [2.75, 3.05) is 5.75 Å². The van der Waals surface area contributed by atoms with E-state index >= 15 is 0 Å². The molecule has 2 heterocycles. The number of hydrogen-bond acceptors (Lipinski definition) is 4. The average molecular weight is 362 g/mol.